The maximum absolute atomic E-state index is 10.7. The van der Waals surface area contributed by atoms with Gasteiger partial charge in [-0.3, -0.25) is 4.79 Å². The van der Waals surface area contributed by atoms with E-state index in [4.69, 9.17) is 14.9 Å². The Labute approximate surface area is 93.3 Å². The van der Waals surface area contributed by atoms with Gasteiger partial charge in [-0.05, 0) is 0 Å². The second-order valence-corrected chi connectivity index (χ2v) is 6.02. The van der Waals surface area contributed by atoms with Crippen molar-refractivity contribution >= 4 is 13.7 Å². The molecule has 0 saturated carbocycles. The molecule has 9 heteroatoms. The highest BCUT2D eigenvalue weighted by Crippen LogP contribution is 2.33. The van der Waals surface area contributed by atoms with Crippen LogP contribution < -0.4 is 5.09 Å². The highest BCUT2D eigenvalue weighted by molar-refractivity contribution is 7.49. The van der Waals surface area contributed by atoms with Crippen LogP contribution in [-0.2, 0) is 9.36 Å². The van der Waals surface area contributed by atoms with E-state index in [0.29, 0.717) is 0 Å². The summed E-state index contributed by atoms with van der Waals surface area (Å²) >= 11 is 0. The van der Waals surface area contributed by atoms with Crippen LogP contribution in [0, 0.1) is 0 Å². The minimum absolute atomic E-state index is 0.150. The molecule has 0 aromatic carbocycles. The molecule has 0 unspecified atom stereocenters. The van der Waals surface area contributed by atoms with Crippen LogP contribution in [0.3, 0.4) is 0 Å². The molecule has 0 aliphatic heterocycles. The summed E-state index contributed by atoms with van der Waals surface area (Å²) < 4.78 is 10.9. The third kappa shape index (κ3) is 7.75. The summed E-state index contributed by atoms with van der Waals surface area (Å²) in [5.41, 5.74) is -2.15. The highest BCUT2D eigenvalue weighted by atomic mass is 31.2. The molecule has 0 aliphatic carbocycles. The molecule has 0 bridgehead atoms. The van der Waals surface area contributed by atoms with E-state index in [1.54, 1.807) is 26.2 Å². The number of nitrogens with one attached hydrogen (secondary N) is 1. The molecule has 0 aromatic rings. The third-order valence-corrected chi connectivity index (χ3v) is 2.24. The molecule has 5 N–H and O–H groups in total. The normalized spacial score (nSPS) is 16.9. The summed E-state index contributed by atoms with van der Waals surface area (Å²) in [6.07, 6.45) is -0.798. The standard InChI is InChI=1S/C7H17N2O6P/c1-9(2,3)5-7(12,4-6(10)11)8-16(13,14)15/h12H,4-5H2,1-3H3,(H3-,8,10,11,13,14,15)/p+1/t7-/m1/s1. The molecular weight excluding hydrogens is 239 g/mol. The summed E-state index contributed by atoms with van der Waals surface area (Å²) in [7, 11) is 0.280. The Morgan fingerprint density at radius 1 is 1.38 bits per heavy atom. The number of rotatable bonds is 6. The number of aliphatic carboxylic acids is 1. The van der Waals surface area contributed by atoms with Gasteiger partial charge >= 0.3 is 13.7 Å². The zero-order chi connectivity index (χ0) is 13.2. The summed E-state index contributed by atoms with van der Waals surface area (Å²) in [6.45, 7) is -0.162. The van der Waals surface area contributed by atoms with Gasteiger partial charge in [0, 0.05) is 0 Å². The Hall–Kier alpha value is -0.500. The Bertz CT molecular complexity index is 308. The van der Waals surface area contributed by atoms with Crippen LogP contribution in [-0.4, -0.2) is 63.9 Å². The zero-order valence-corrected chi connectivity index (χ0v) is 10.3. The van der Waals surface area contributed by atoms with Crippen LogP contribution in [0.25, 0.3) is 0 Å². The number of aliphatic hydroxyl groups is 1. The van der Waals surface area contributed by atoms with E-state index in [0.717, 1.165) is 0 Å². The Morgan fingerprint density at radius 3 is 2.06 bits per heavy atom. The molecular formula is C7H18N2O6P+. The van der Waals surface area contributed by atoms with E-state index in [-0.39, 0.29) is 11.0 Å². The first-order chi connectivity index (χ1) is 6.83. The summed E-state index contributed by atoms with van der Waals surface area (Å²) in [6, 6.07) is 0. The average Bonchev–Trinajstić information content (AvgIpc) is 1.69. The van der Waals surface area contributed by atoms with E-state index in [2.05, 4.69) is 0 Å². The van der Waals surface area contributed by atoms with Crippen molar-refractivity contribution in [1.82, 2.24) is 5.09 Å². The fraction of sp³-hybridized carbons (Fsp3) is 0.857. The van der Waals surface area contributed by atoms with Gasteiger partial charge in [0.25, 0.3) is 0 Å². The molecule has 0 saturated heterocycles. The zero-order valence-electron chi connectivity index (χ0n) is 9.41. The molecule has 8 nitrogen and oxygen atoms in total. The van der Waals surface area contributed by atoms with Crippen LogP contribution in [0.15, 0.2) is 0 Å². The van der Waals surface area contributed by atoms with Crippen LogP contribution >= 0.6 is 7.75 Å². The van der Waals surface area contributed by atoms with E-state index in [1.807, 2.05) is 0 Å². The van der Waals surface area contributed by atoms with Crippen molar-refractivity contribution in [1.29, 1.82) is 0 Å². The maximum atomic E-state index is 10.7. The van der Waals surface area contributed by atoms with Gasteiger partial charge in [-0.15, -0.1) is 0 Å². The van der Waals surface area contributed by atoms with Crippen LogP contribution in [0.5, 0.6) is 0 Å². The molecule has 0 amide bonds. The number of quaternary nitrogens is 1. The van der Waals surface area contributed by atoms with E-state index >= 15 is 0 Å². The summed E-state index contributed by atoms with van der Waals surface area (Å²) in [5.74, 6) is -1.35. The van der Waals surface area contributed by atoms with Gasteiger partial charge in [0.1, 0.15) is 6.54 Å². The van der Waals surface area contributed by atoms with Crippen molar-refractivity contribution in [2.75, 3.05) is 27.7 Å². The number of hydrogen-bond acceptors (Lipinski definition) is 3. The second kappa shape index (κ2) is 4.79. The quantitative estimate of drug-likeness (QED) is 0.223. The lowest BCUT2D eigenvalue weighted by Crippen LogP contribution is -2.57. The first kappa shape index (κ1) is 15.5. The van der Waals surface area contributed by atoms with Crippen LogP contribution in [0.1, 0.15) is 6.42 Å². The summed E-state index contributed by atoms with van der Waals surface area (Å²) in [4.78, 5) is 27.9. The lowest BCUT2D eigenvalue weighted by Gasteiger charge is -2.35. The van der Waals surface area contributed by atoms with Crippen molar-refractivity contribution in [2.24, 2.45) is 0 Å². The number of carboxylic acid groups (broad SMARTS) is 1. The molecule has 96 valence electrons. The first-order valence-electron chi connectivity index (χ1n) is 4.43. The van der Waals surface area contributed by atoms with Crippen LogP contribution in [0.4, 0.5) is 0 Å². The largest absolute Gasteiger partial charge is 0.481 e. The predicted molar refractivity (Wildman–Crippen MR) is 55.3 cm³/mol. The van der Waals surface area contributed by atoms with Gasteiger partial charge in [-0.2, -0.15) is 5.09 Å². The Kier molecular flexibility index (Phi) is 4.64. The van der Waals surface area contributed by atoms with Crippen molar-refractivity contribution in [3.63, 3.8) is 0 Å². The van der Waals surface area contributed by atoms with Gasteiger partial charge in [0.05, 0.1) is 27.6 Å². The lowest BCUT2D eigenvalue weighted by molar-refractivity contribution is -0.877. The molecule has 0 spiro atoms. The van der Waals surface area contributed by atoms with E-state index in [1.165, 1.54) is 0 Å². The topological polar surface area (TPSA) is 127 Å². The molecule has 0 aliphatic rings. The maximum Gasteiger partial charge on any atom is 0.402 e. The number of nitrogens with zero attached hydrogens (tertiary/aromatic N) is 1. The Balaban J connectivity index is 4.89. The minimum atomic E-state index is -4.70. The minimum Gasteiger partial charge on any atom is -0.481 e. The van der Waals surface area contributed by atoms with Crippen molar-refractivity contribution in [3.8, 4) is 0 Å². The highest BCUT2D eigenvalue weighted by Gasteiger charge is 2.40. The number of hydrogen-bond donors (Lipinski definition) is 5. The monoisotopic (exact) mass is 257 g/mol. The third-order valence-electron chi connectivity index (χ3n) is 1.53. The fourth-order valence-electron chi connectivity index (χ4n) is 1.44. The van der Waals surface area contributed by atoms with Gasteiger partial charge in [0.2, 0.25) is 0 Å². The molecule has 16 heavy (non-hydrogen) atoms. The number of carbonyl (C=O) groups is 1. The van der Waals surface area contributed by atoms with E-state index < -0.39 is 25.9 Å². The van der Waals surface area contributed by atoms with Crippen molar-refractivity contribution in [2.45, 2.75) is 12.1 Å². The SMILES string of the molecule is C[N+](C)(C)C[C@](O)(CC(=O)O)NP(=O)(O)O. The second-order valence-electron chi connectivity index (χ2n) is 4.71. The lowest BCUT2D eigenvalue weighted by atomic mass is 10.1. The van der Waals surface area contributed by atoms with Gasteiger partial charge in [-0.25, -0.2) is 4.57 Å². The molecule has 1 atom stereocenters. The average molecular weight is 257 g/mol. The summed E-state index contributed by atoms with van der Waals surface area (Å²) in [5, 5.41) is 20.1. The molecule has 0 rings (SSSR count). The molecule has 0 fully saturated rings. The fourth-order valence-corrected chi connectivity index (χ4v) is 2.13. The molecule has 0 radical (unpaired) electrons. The van der Waals surface area contributed by atoms with Gasteiger partial charge in [0.15, 0.2) is 5.72 Å². The van der Waals surface area contributed by atoms with Gasteiger partial charge < -0.3 is 24.5 Å². The first-order valence-corrected chi connectivity index (χ1v) is 6.04. The number of likely N-dealkylation sites (N-methyl/N-ethyl adjacent to an activating group) is 1. The Morgan fingerprint density at radius 2 is 1.81 bits per heavy atom. The van der Waals surface area contributed by atoms with Crippen LogP contribution in [0.2, 0.25) is 0 Å². The number of carboxylic acids is 1. The predicted octanol–water partition coefficient (Wildman–Crippen LogP) is -1.46. The van der Waals surface area contributed by atoms with Crippen molar-refractivity contribution in [3.05, 3.63) is 0 Å². The smallest absolute Gasteiger partial charge is 0.402 e. The molecule has 0 aromatic heterocycles. The molecule has 0 heterocycles. The van der Waals surface area contributed by atoms with Crippen molar-refractivity contribution < 1.29 is 33.8 Å². The van der Waals surface area contributed by atoms with E-state index in [9.17, 15) is 14.5 Å². The van der Waals surface area contributed by atoms with Gasteiger partial charge in [-0.1, -0.05) is 0 Å².